The van der Waals surface area contributed by atoms with Gasteiger partial charge in [0, 0.05) is 23.2 Å². The van der Waals surface area contributed by atoms with Crippen LogP contribution < -0.4 is 10.2 Å². The van der Waals surface area contributed by atoms with Crippen LogP contribution in [0.2, 0.25) is 0 Å². The van der Waals surface area contributed by atoms with Gasteiger partial charge < -0.3 is 14.5 Å². The van der Waals surface area contributed by atoms with E-state index in [1.54, 1.807) is 17.2 Å². The minimum Gasteiger partial charge on any atom is -0.469 e. The summed E-state index contributed by atoms with van der Waals surface area (Å²) >= 11 is 0. The second-order valence-electron chi connectivity index (χ2n) is 5.77. The molecule has 1 aliphatic carbocycles. The minimum atomic E-state index is -0.353. The maximum atomic E-state index is 12.3. The second kappa shape index (κ2) is 5.46. The molecule has 0 bridgehead atoms. The summed E-state index contributed by atoms with van der Waals surface area (Å²) < 4.78 is 10.3. The van der Waals surface area contributed by atoms with E-state index in [-0.39, 0.29) is 23.8 Å². The van der Waals surface area contributed by atoms with Crippen molar-refractivity contribution in [1.29, 1.82) is 0 Å². The Kier molecular flexibility index (Phi) is 3.29. The number of carbonyl (C=O) groups is 2. The fourth-order valence-electron chi connectivity index (χ4n) is 2.92. The molecule has 2 aliphatic rings. The number of rotatable bonds is 4. The van der Waals surface area contributed by atoms with Crippen molar-refractivity contribution in [2.45, 2.75) is 12.3 Å². The first kappa shape index (κ1) is 13.9. The normalized spacial score (nSPS) is 22.8. The van der Waals surface area contributed by atoms with Crippen LogP contribution in [-0.2, 0) is 9.53 Å². The zero-order valence-electron chi connectivity index (χ0n) is 12.4. The molecule has 1 saturated carbocycles. The third-order valence-electron chi connectivity index (χ3n) is 4.22. The summed E-state index contributed by atoms with van der Waals surface area (Å²) in [7, 11) is 0. The molecule has 1 aromatic carbocycles. The van der Waals surface area contributed by atoms with Gasteiger partial charge in [-0.05, 0) is 36.8 Å². The second-order valence-corrected chi connectivity index (χ2v) is 5.77. The van der Waals surface area contributed by atoms with Crippen LogP contribution >= 0.6 is 0 Å². The van der Waals surface area contributed by atoms with Gasteiger partial charge in [-0.1, -0.05) is 6.07 Å². The summed E-state index contributed by atoms with van der Waals surface area (Å²) in [5, 5.41) is 2.92. The number of nitrogens with zero attached hydrogens (tertiary/aromatic N) is 1. The summed E-state index contributed by atoms with van der Waals surface area (Å²) in [4.78, 5) is 25.5. The average Bonchev–Trinajstić information content (AvgIpc) is 2.95. The third-order valence-corrected chi connectivity index (χ3v) is 4.22. The summed E-state index contributed by atoms with van der Waals surface area (Å²) in [5.41, 5.74) is 1.40. The molecule has 2 atom stereocenters. The maximum Gasteiger partial charge on any atom is 0.414 e. The highest BCUT2D eigenvalue weighted by atomic mass is 16.6. The Labute approximate surface area is 133 Å². The molecule has 2 fully saturated rings. The first-order valence-corrected chi connectivity index (χ1v) is 7.61. The van der Waals surface area contributed by atoms with E-state index in [2.05, 4.69) is 5.32 Å². The molecule has 1 aromatic heterocycles. The van der Waals surface area contributed by atoms with Crippen LogP contribution in [0.5, 0.6) is 0 Å². The monoisotopic (exact) mass is 312 g/mol. The number of nitrogens with one attached hydrogen (secondary N) is 1. The van der Waals surface area contributed by atoms with Crippen molar-refractivity contribution < 1.29 is 18.7 Å². The molecule has 2 aromatic rings. The molecule has 1 saturated heterocycles. The fraction of sp³-hybridized carbons (Fsp3) is 0.294. The van der Waals surface area contributed by atoms with Gasteiger partial charge in [-0.2, -0.15) is 0 Å². The number of amides is 2. The van der Waals surface area contributed by atoms with Crippen LogP contribution in [-0.4, -0.2) is 25.2 Å². The van der Waals surface area contributed by atoms with Crippen LogP contribution in [0, 0.1) is 5.92 Å². The topological polar surface area (TPSA) is 71.8 Å². The van der Waals surface area contributed by atoms with E-state index in [1.165, 1.54) is 0 Å². The van der Waals surface area contributed by atoms with Gasteiger partial charge in [-0.15, -0.1) is 0 Å². The SMILES string of the molecule is O=C(Nc1cccc(N2CCOC2=O)c1)[C@H]1C[C@H]1c1ccco1. The summed E-state index contributed by atoms with van der Waals surface area (Å²) in [6.45, 7) is 0.918. The molecule has 4 rings (SSSR count). The highest BCUT2D eigenvalue weighted by molar-refractivity contribution is 5.96. The van der Waals surface area contributed by atoms with Gasteiger partial charge in [0.25, 0.3) is 0 Å². The highest BCUT2D eigenvalue weighted by Gasteiger charge is 2.45. The van der Waals surface area contributed by atoms with Crippen molar-refractivity contribution >= 4 is 23.4 Å². The van der Waals surface area contributed by atoms with E-state index in [9.17, 15) is 9.59 Å². The van der Waals surface area contributed by atoms with Gasteiger partial charge in [0.15, 0.2) is 0 Å². The van der Waals surface area contributed by atoms with Crippen LogP contribution in [0.4, 0.5) is 16.2 Å². The third kappa shape index (κ3) is 2.67. The van der Waals surface area contributed by atoms with Crippen molar-refractivity contribution in [3.05, 3.63) is 48.4 Å². The van der Waals surface area contributed by atoms with Crippen LogP contribution in [0.1, 0.15) is 18.1 Å². The predicted octanol–water partition coefficient (Wildman–Crippen LogP) is 2.98. The molecular weight excluding hydrogens is 296 g/mol. The average molecular weight is 312 g/mol. The molecule has 0 spiro atoms. The molecule has 0 radical (unpaired) electrons. The number of furan rings is 1. The Morgan fingerprint density at radius 1 is 1.26 bits per heavy atom. The zero-order chi connectivity index (χ0) is 15.8. The van der Waals surface area contributed by atoms with E-state index in [0.29, 0.717) is 18.8 Å². The van der Waals surface area contributed by atoms with Gasteiger partial charge in [0.05, 0.1) is 12.8 Å². The zero-order valence-corrected chi connectivity index (χ0v) is 12.4. The Morgan fingerprint density at radius 3 is 2.91 bits per heavy atom. The van der Waals surface area contributed by atoms with Crippen molar-refractivity contribution in [2.75, 3.05) is 23.4 Å². The summed E-state index contributed by atoms with van der Waals surface area (Å²) in [6, 6.07) is 11.0. The Morgan fingerprint density at radius 2 is 2.17 bits per heavy atom. The van der Waals surface area contributed by atoms with Crippen molar-refractivity contribution in [3.63, 3.8) is 0 Å². The fourth-order valence-corrected chi connectivity index (χ4v) is 2.92. The van der Waals surface area contributed by atoms with E-state index >= 15 is 0 Å². The van der Waals surface area contributed by atoms with E-state index in [0.717, 1.165) is 17.9 Å². The van der Waals surface area contributed by atoms with E-state index < -0.39 is 0 Å². The maximum absolute atomic E-state index is 12.3. The lowest BCUT2D eigenvalue weighted by Crippen LogP contribution is -2.23. The van der Waals surface area contributed by atoms with Gasteiger partial charge in [-0.25, -0.2) is 4.79 Å². The largest absolute Gasteiger partial charge is 0.469 e. The smallest absolute Gasteiger partial charge is 0.414 e. The first-order valence-electron chi connectivity index (χ1n) is 7.61. The molecule has 1 N–H and O–H groups in total. The van der Waals surface area contributed by atoms with Gasteiger partial charge >= 0.3 is 6.09 Å². The van der Waals surface area contributed by atoms with Crippen LogP contribution in [0.15, 0.2) is 47.1 Å². The molecule has 23 heavy (non-hydrogen) atoms. The standard InChI is InChI=1S/C17H16N2O4/c20-16(14-10-13(14)15-5-2-7-22-15)18-11-3-1-4-12(9-11)19-6-8-23-17(19)21/h1-5,7,9,13-14H,6,8,10H2,(H,18,20)/t13-,14+/m1/s1. The molecular formula is C17H16N2O4. The van der Waals surface area contributed by atoms with Gasteiger partial charge in [0.2, 0.25) is 5.91 Å². The number of ether oxygens (including phenoxy) is 1. The van der Waals surface area contributed by atoms with Crippen LogP contribution in [0.25, 0.3) is 0 Å². The number of cyclic esters (lactones) is 1. The van der Waals surface area contributed by atoms with Crippen molar-refractivity contribution in [3.8, 4) is 0 Å². The minimum absolute atomic E-state index is 0.0208. The highest BCUT2D eigenvalue weighted by Crippen LogP contribution is 2.48. The quantitative estimate of drug-likeness (QED) is 0.942. The van der Waals surface area contributed by atoms with Crippen molar-refractivity contribution in [1.82, 2.24) is 0 Å². The lowest BCUT2D eigenvalue weighted by Gasteiger charge is -2.14. The molecule has 2 heterocycles. The molecule has 6 heteroatoms. The number of carbonyl (C=O) groups excluding carboxylic acids is 2. The van der Waals surface area contributed by atoms with Gasteiger partial charge in [0.1, 0.15) is 12.4 Å². The molecule has 0 unspecified atom stereocenters. The summed E-state index contributed by atoms with van der Waals surface area (Å²) in [6.07, 6.45) is 2.08. The molecule has 1 aliphatic heterocycles. The summed E-state index contributed by atoms with van der Waals surface area (Å²) in [5.74, 6) is 0.953. The number of benzene rings is 1. The Balaban J connectivity index is 1.43. The number of anilines is 2. The van der Waals surface area contributed by atoms with Crippen molar-refractivity contribution in [2.24, 2.45) is 5.92 Å². The first-order chi connectivity index (χ1) is 11.2. The predicted molar refractivity (Wildman–Crippen MR) is 83.3 cm³/mol. The van der Waals surface area contributed by atoms with E-state index in [4.69, 9.17) is 9.15 Å². The molecule has 118 valence electrons. The molecule has 6 nitrogen and oxygen atoms in total. The number of hydrogen-bond acceptors (Lipinski definition) is 4. The van der Waals surface area contributed by atoms with E-state index in [1.807, 2.05) is 30.3 Å². The lowest BCUT2D eigenvalue weighted by atomic mass is 10.2. The number of hydrogen-bond donors (Lipinski definition) is 1. The Bertz CT molecular complexity index is 741. The van der Waals surface area contributed by atoms with Gasteiger partial charge in [-0.3, -0.25) is 9.69 Å². The lowest BCUT2D eigenvalue weighted by molar-refractivity contribution is -0.117. The molecule has 2 amide bonds. The Hall–Kier alpha value is -2.76. The van der Waals surface area contributed by atoms with Crippen LogP contribution in [0.3, 0.4) is 0 Å².